The molecule has 21 heavy (non-hydrogen) atoms. The molecule has 0 saturated carbocycles. The van der Waals surface area contributed by atoms with Gasteiger partial charge in [0, 0.05) is 6.54 Å². The number of methoxy groups -OCH3 is 1. The molecule has 0 aliphatic carbocycles. The summed E-state index contributed by atoms with van der Waals surface area (Å²) < 4.78 is 59.9. The summed E-state index contributed by atoms with van der Waals surface area (Å²) in [4.78, 5) is 11.9. The van der Waals surface area contributed by atoms with Crippen LogP contribution in [0.15, 0.2) is 6.20 Å². The summed E-state index contributed by atoms with van der Waals surface area (Å²) in [6.45, 7) is 0.00838. The number of rotatable bonds is 9. The molecule has 0 amide bonds. The Morgan fingerprint density at radius 2 is 2.14 bits per heavy atom. The summed E-state index contributed by atoms with van der Waals surface area (Å²) in [6, 6.07) is 0. The first-order valence-corrected chi connectivity index (χ1v) is 6.20. The Labute approximate surface area is 118 Å². The Kier molecular flexibility index (Phi) is 6.13. The van der Waals surface area contributed by atoms with Crippen LogP contribution in [0.3, 0.4) is 0 Å². The summed E-state index contributed by atoms with van der Waals surface area (Å²) in [5.41, 5.74) is 0.0692. The van der Waals surface area contributed by atoms with Crippen molar-refractivity contribution in [3.8, 4) is 5.75 Å². The molecule has 0 atom stereocenters. The van der Waals surface area contributed by atoms with Gasteiger partial charge in [0.05, 0.1) is 13.3 Å². The predicted octanol–water partition coefficient (Wildman–Crippen LogP) is 2.40. The van der Waals surface area contributed by atoms with E-state index in [2.05, 4.69) is 9.84 Å². The Balaban J connectivity index is 2.69. The monoisotopic (exact) mass is 312 g/mol. The first kappa shape index (κ1) is 17.4. The maximum absolute atomic E-state index is 12.7. The molecule has 5 nitrogen and oxygen atoms in total. The molecule has 0 fully saturated rings. The van der Waals surface area contributed by atoms with Gasteiger partial charge in [-0.2, -0.15) is 13.9 Å². The highest BCUT2D eigenvalue weighted by atomic mass is 19.3. The molecule has 0 N–H and O–H groups in total. The third-order valence-electron chi connectivity index (χ3n) is 2.57. The van der Waals surface area contributed by atoms with E-state index in [1.807, 2.05) is 6.92 Å². The van der Waals surface area contributed by atoms with Crippen LogP contribution < -0.4 is 4.74 Å². The zero-order chi connectivity index (χ0) is 16.0. The number of ketones is 1. The van der Waals surface area contributed by atoms with Crippen molar-refractivity contribution in [2.45, 2.75) is 32.2 Å². The third-order valence-corrected chi connectivity index (χ3v) is 2.57. The molecule has 0 aliphatic rings. The maximum Gasteiger partial charge on any atom is 0.330 e. The van der Waals surface area contributed by atoms with E-state index in [-0.39, 0.29) is 11.4 Å². The molecule has 0 spiro atoms. The Morgan fingerprint density at radius 1 is 1.48 bits per heavy atom. The van der Waals surface area contributed by atoms with Gasteiger partial charge in [-0.25, -0.2) is 8.78 Å². The van der Waals surface area contributed by atoms with Crippen molar-refractivity contribution in [2.75, 3.05) is 20.3 Å². The van der Waals surface area contributed by atoms with Crippen molar-refractivity contribution in [3.63, 3.8) is 0 Å². The number of aromatic nitrogens is 2. The van der Waals surface area contributed by atoms with E-state index < -0.39 is 31.3 Å². The fraction of sp³-hybridized carbons (Fsp3) is 0.667. The number of nitrogens with zero attached hydrogens (tertiary/aromatic N) is 2. The second-order valence-electron chi connectivity index (χ2n) is 4.26. The largest absolute Gasteiger partial charge is 0.493 e. The maximum atomic E-state index is 12.7. The number of carbonyl (C=O) groups is 1. The zero-order valence-electron chi connectivity index (χ0n) is 11.6. The van der Waals surface area contributed by atoms with Gasteiger partial charge in [0.1, 0.15) is 18.9 Å². The molecular weight excluding hydrogens is 296 g/mol. The summed E-state index contributed by atoms with van der Waals surface area (Å²) >= 11 is 0. The standard InChI is InChI=1S/C12H16F4N2O3/c1-3-4-18-10(9(20-2)5-17-18)8(19)6-21-7-12(15,16)11(13)14/h5,11H,3-4,6-7H2,1-2H3. The topological polar surface area (TPSA) is 53.4 Å². The van der Waals surface area contributed by atoms with Gasteiger partial charge < -0.3 is 9.47 Å². The molecule has 120 valence electrons. The average molecular weight is 312 g/mol. The highest BCUT2D eigenvalue weighted by Crippen LogP contribution is 2.23. The fourth-order valence-electron chi connectivity index (χ4n) is 1.59. The molecule has 0 aliphatic heterocycles. The number of hydrogen-bond acceptors (Lipinski definition) is 4. The quantitative estimate of drug-likeness (QED) is 0.519. The lowest BCUT2D eigenvalue weighted by Crippen LogP contribution is -2.33. The van der Waals surface area contributed by atoms with Gasteiger partial charge in [0.2, 0.25) is 5.78 Å². The number of hydrogen-bond donors (Lipinski definition) is 0. The Morgan fingerprint density at radius 3 is 2.67 bits per heavy atom. The number of carbonyl (C=O) groups excluding carboxylic acids is 1. The molecule has 0 aromatic carbocycles. The van der Waals surface area contributed by atoms with E-state index in [0.717, 1.165) is 0 Å². The van der Waals surface area contributed by atoms with Crippen LogP contribution in [0.2, 0.25) is 0 Å². The van der Waals surface area contributed by atoms with Crippen molar-refractivity contribution in [1.29, 1.82) is 0 Å². The zero-order valence-corrected chi connectivity index (χ0v) is 11.6. The van der Waals surface area contributed by atoms with Gasteiger partial charge in [-0.15, -0.1) is 0 Å². The molecule has 0 saturated heterocycles. The van der Waals surface area contributed by atoms with Crippen LogP contribution in [0, 0.1) is 0 Å². The van der Waals surface area contributed by atoms with E-state index in [4.69, 9.17) is 4.74 Å². The van der Waals surface area contributed by atoms with E-state index in [1.54, 1.807) is 0 Å². The molecule has 1 rings (SSSR count). The van der Waals surface area contributed by atoms with E-state index >= 15 is 0 Å². The van der Waals surface area contributed by atoms with Crippen molar-refractivity contribution in [3.05, 3.63) is 11.9 Å². The van der Waals surface area contributed by atoms with Crippen molar-refractivity contribution in [2.24, 2.45) is 0 Å². The van der Waals surface area contributed by atoms with Crippen LogP contribution >= 0.6 is 0 Å². The second-order valence-corrected chi connectivity index (χ2v) is 4.26. The number of ether oxygens (including phenoxy) is 2. The van der Waals surface area contributed by atoms with Crippen molar-refractivity contribution in [1.82, 2.24) is 9.78 Å². The fourth-order valence-corrected chi connectivity index (χ4v) is 1.59. The first-order chi connectivity index (χ1) is 9.83. The van der Waals surface area contributed by atoms with Crippen LogP contribution in [0.5, 0.6) is 5.75 Å². The van der Waals surface area contributed by atoms with E-state index in [9.17, 15) is 22.4 Å². The number of aryl methyl sites for hydroxylation is 1. The predicted molar refractivity (Wildman–Crippen MR) is 65.2 cm³/mol. The highest BCUT2D eigenvalue weighted by Gasteiger charge is 2.41. The highest BCUT2D eigenvalue weighted by molar-refractivity contribution is 5.98. The van der Waals surface area contributed by atoms with Crippen LogP contribution in [-0.4, -0.2) is 48.2 Å². The van der Waals surface area contributed by atoms with Gasteiger partial charge in [0.25, 0.3) is 0 Å². The Bertz CT molecular complexity index is 477. The summed E-state index contributed by atoms with van der Waals surface area (Å²) in [7, 11) is 1.33. The van der Waals surface area contributed by atoms with Gasteiger partial charge >= 0.3 is 12.3 Å². The van der Waals surface area contributed by atoms with Crippen molar-refractivity contribution >= 4 is 5.78 Å². The summed E-state index contributed by atoms with van der Waals surface area (Å²) in [5.74, 6) is -4.77. The summed E-state index contributed by atoms with van der Waals surface area (Å²) in [5, 5.41) is 3.93. The average Bonchev–Trinajstić information content (AvgIpc) is 2.81. The minimum atomic E-state index is -4.28. The smallest absolute Gasteiger partial charge is 0.330 e. The molecule has 0 bridgehead atoms. The number of halogens is 4. The molecular formula is C12H16F4N2O3. The van der Waals surface area contributed by atoms with Crippen LogP contribution in [-0.2, 0) is 11.3 Å². The number of Topliss-reactive ketones (excluding diaryl/α,β-unsaturated/α-hetero) is 1. The molecule has 1 aromatic heterocycles. The van der Waals surface area contributed by atoms with Crippen LogP contribution in [0.25, 0.3) is 0 Å². The van der Waals surface area contributed by atoms with Crippen LogP contribution in [0.1, 0.15) is 23.8 Å². The first-order valence-electron chi connectivity index (χ1n) is 6.20. The second kappa shape index (κ2) is 7.39. The number of alkyl halides is 4. The Hall–Kier alpha value is -1.64. The molecule has 1 heterocycles. The van der Waals surface area contributed by atoms with Gasteiger partial charge in [-0.1, -0.05) is 6.92 Å². The third kappa shape index (κ3) is 4.42. The van der Waals surface area contributed by atoms with Gasteiger partial charge in [0.15, 0.2) is 5.75 Å². The minimum absolute atomic E-state index is 0.0692. The normalized spacial score (nSPS) is 12.0. The lowest BCUT2D eigenvalue weighted by atomic mass is 10.2. The van der Waals surface area contributed by atoms with Crippen molar-refractivity contribution < 1.29 is 31.8 Å². The minimum Gasteiger partial charge on any atom is -0.493 e. The van der Waals surface area contributed by atoms with Gasteiger partial charge in [-0.05, 0) is 6.42 Å². The SMILES string of the molecule is CCCn1ncc(OC)c1C(=O)COCC(F)(F)C(F)F. The van der Waals surface area contributed by atoms with E-state index in [0.29, 0.717) is 13.0 Å². The van der Waals surface area contributed by atoms with E-state index in [1.165, 1.54) is 18.0 Å². The molecule has 0 unspecified atom stereocenters. The molecule has 0 radical (unpaired) electrons. The molecule has 9 heteroatoms. The lowest BCUT2D eigenvalue weighted by Gasteiger charge is -2.15. The summed E-state index contributed by atoms with van der Waals surface area (Å²) in [6.07, 6.45) is -1.83. The van der Waals surface area contributed by atoms with Gasteiger partial charge in [-0.3, -0.25) is 9.48 Å². The molecule has 1 aromatic rings. The van der Waals surface area contributed by atoms with Crippen LogP contribution in [0.4, 0.5) is 17.6 Å². The lowest BCUT2D eigenvalue weighted by molar-refractivity contribution is -0.163.